The van der Waals surface area contributed by atoms with Gasteiger partial charge in [-0.15, -0.1) is 0 Å². The van der Waals surface area contributed by atoms with Gasteiger partial charge in [-0.3, -0.25) is 14.4 Å². The number of fused-ring (bicyclic) bond motifs is 3. The normalized spacial score (nSPS) is 27.0. The van der Waals surface area contributed by atoms with Crippen LogP contribution in [0.25, 0.3) is 0 Å². The first-order chi connectivity index (χ1) is 14.0. The Morgan fingerprint density at radius 1 is 1.03 bits per heavy atom. The van der Waals surface area contributed by atoms with E-state index < -0.39 is 11.8 Å². The number of hydrogen-bond donors (Lipinski definition) is 1. The Bertz CT molecular complexity index is 1060. The topological polar surface area (TPSA) is 81.7 Å². The molecule has 1 aliphatic heterocycles. The molecule has 0 unspecified atom stereocenters. The van der Waals surface area contributed by atoms with Gasteiger partial charge in [-0.1, -0.05) is 31.2 Å². The van der Waals surface area contributed by atoms with E-state index in [0.29, 0.717) is 17.1 Å². The van der Waals surface area contributed by atoms with E-state index in [0.717, 1.165) is 5.56 Å². The lowest BCUT2D eigenvalue weighted by Crippen LogP contribution is -2.37. The number of carbonyl (C=O) groups excluding carboxylic acids is 3. The van der Waals surface area contributed by atoms with Crippen molar-refractivity contribution in [2.75, 3.05) is 6.79 Å². The summed E-state index contributed by atoms with van der Waals surface area (Å²) < 4.78 is 10.8. The third-order valence-electron chi connectivity index (χ3n) is 6.09. The van der Waals surface area contributed by atoms with E-state index in [1.807, 2.05) is 31.2 Å². The number of rotatable bonds is 3. The van der Waals surface area contributed by atoms with Crippen LogP contribution < -0.4 is 14.8 Å². The van der Waals surface area contributed by atoms with Gasteiger partial charge in [0, 0.05) is 17.4 Å². The molecule has 3 aliphatic rings. The highest BCUT2D eigenvalue weighted by Crippen LogP contribution is 2.51. The second kappa shape index (κ2) is 6.58. The quantitative estimate of drug-likeness (QED) is 0.817. The molecule has 2 aliphatic carbocycles. The summed E-state index contributed by atoms with van der Waals surface area (Å²) in [4.78, 5) is 38.6. The molecule has 5 rings (SSSR count). The van der Waals surface area contributed by atoms with Gasteiger partial charge in [-0.05, 0) is 41.8 Å². The van der Waals surface area contributed by atoms with Gasteiger partial charge in [-0.25, -0.2) is 0 Å². The van der Waals surface area contributed by atoms with Crippen molar-refractivity contribution in [3.63, 3.8) is 0 Å². The van der Waals surface area contributed by atoms with Crippen molar-refractivity contribution in [3.8, 4) is 11.5 Å². The maximum atomic E-state index is 13.2. The fraction of sp³-hybridized carbons (Fsp3) is 0.261. The van der Waals surface area contributed by atoms with Crippen molar-refractivity contribution in [1.29, 1.82) is 0 Å². The van der Waals surface area contributed by atoms with Crippen molar-refractivity contribution in [2.45, 2.75) is 12.8 Å². The molecule has 2 aromatic rings. The first kappa shape index (κ1) is 17.7. The number of amides is 1. The van der Waals surface area contributed by atoms with Gasteiger partial charge >= 0.3 is 0 Å². The fourth-order valence-electron chi connectivity index (χ4n) is 4.63. The van der Waals surface area contributed by atoms with Crippen LogP contribution in [0, 0.1) is 17.8 Å². The minimum absolute atomic E-state index is 0.0667. The SMILES string of the molecule is C[C@@H]1[C@@H](c2ccc3c(c2)OCO3)[C@H]2C(=O)C(NC(=O)c3ccccc3)=C[C@@H]1C2=O. The van der Waals surface area contributed by atoms with E-state index in [4.69, 9.17) is 9.47 Å². The van der Waals surface area contributed by atoms with Gasteiger partial charge in [-0.2, -0.15) is 0 Å². The average Bonchev–Trinajstić information content (AvgIpc) is 3.27. The molecule has 1 fully saturated rings. The molecule has 6 nitrogen and oxygen atoms in total. The molecule has 4 atom stereocenters. The van der Waals surface area contributed by atoms with Crippen LogP contribution in [0.15, 0.2) is 60.3 Å². The molecular formula is C23H19NO5. The molecule has 1 saturated carbocycles. The van der Waals surface area contributed by atoms with Crippen molar-refractivity contribution < 1.29 is 23.9 Å². The highest BCUT2D eigenvalue weighted by atomic mass is 16.7. The molecule has 2 aromatic carbocycles. The van der Waals surface area contributed by atoms with E-state index in [2.05, 4.69) is 5.32 Å². The molecule has 2 bridgehead atoms. The Hall–Kier alpha value is -3.41. The van der Waals surface area contributed by atoms with Crippen LogP contribution in [-0.4, -0.2) is 24.3 Å². The van der Waals surface area contributed by atoms with E-state index >= 15 is 0 Å². The zero-order chi connectivity index (χ0) is 20.1. The Labute approximate surface area is 167 Å². The predicted molar refractivity (Wildman–Crippen MR) is 103 cm³/mol. The van der Waals surface area contributed by atoms with E-state index in [9.17, 15) is 14.4 Å². The Morgan fingerprint density at radius 2 is 1.79 bits per heavy atom. The van der Waals surface area contributed by atoms with Crippen LogP contribution in [0.2, 0.25) is 0 Å². The maximum Gasteiger partial charge on any atom is 0.255 e. The highest BCUT2D eigenvalue weighted by Gasteiger charge is 2.54. The summed E-state index contributed by atoms with van der Waals surface area (Å²) in [5.41, 5.74) is 1.55. The zero-order valence-electron chi connectivity index (χ0n) is 15.8. The number of Topliss-reactive ketones (excluding diaryl/α,β-unsaturated/α-hetero) is 2. The molecule has 1 N–H and O–H groups in total. The van der Waals surface area contributed by atoms with Crippen LogP contribution in [0.4, 0.5) is 0 Å². The number of ketones is 2. The van der Waals surface area contributed by atoms with Gasteiger partial charge in [0.2, 0.25) is 6.79 Å². The van der Waals surface area contributed by atoms with Crippen LogP contribution >= 0.6 is 0 Å². The minimum Gasteiger partial charge on any atom is -0.454 e. The predicted octanol–water partition coefficient (Wildman–Crippen LogP) is 2.85. The zero-order valence-corrected chi connectivity index (χ0v) is 15.8. The Kier molecular flexibility index (Phi) is 4.01. The summed E-state index contributed by atoms with van der Waals surface area (Å²) in [7, 11) is 0. The molecule has 29 heavy (non-hydrogen) atoms. The van der Waals surface area contributed by atoms with Crippen LogP contribution in [-0.2, 0) is 9.59 Å². The number of ether oxygens (including phenoxy) is 2. The molecule has 1 amide bonds. The first-order valence-electron chi connectivity index (χ1n) is 9.60. The summed E-state index contributed by atoms with van der Waals surface area (Å²) in [6.07, 6.45) is 1.62. The fourth-order valence-corrected chi connectivity index (χ4v) is 4.63. The second-order valence-corrected chi connectivity index (χ2v) is 7.67. The number of allylic oxidation sites excluding steroid dienone is 2. The molecule has 0 spiro atoms. The molecule has 0 radical (unpaired) electrons. The van der Waals surface area contributed by atoms with Crippen molar-refractivity contribution in [1.82, 2.24) is 5.32 Å². The molecule has 0 aromatic heterocycles. The largest absolute Gasteiger partial charge is 0.454 e. The smallest absolute Gasteiger partial charge is 0.255 e. The summed E-state index contributed by atoms with van der Waals surface area (Å²) in [6, 6.07) is 14.3. The van der Waals surface area contributed by atoms with Crippen LogP contribution in [0.3, 0.4) is 0 Å². The molecular weight excluding hydrogens is 370 g/mol. The van der Waals surface area contributed by atoms with Gasteiger partial charge in [0.05, 0.1) is 11.6 Å². The summed E-state index contributed by atoms with van der Waals surface area (Å²) in [5, 5.41) is 2.72. The highest BCUT2D eigenvalue weighted by molar-refractivity contribution is 6.18. The molecule has 0 saturated heterocycles. The minimum atomic E-state index is -0.800. The summed E-state index contributed by atoms with van der Waals surface area (Å²) in [5.74, 6) is -1.02. The lowest BCUT2D eigenvalue weighted by Gasteiger charge is -2.22. The van der Waals surface area contributed by atoms with E-state index in [1.54, 1.807) is 30.3 Å². The summed E-state index contributed by atoms with van der Waals surface area (Å²) in [6.45, 7) is 2.14. The van der Waals surface area contributed by atoms with Crippen molar-refractivity contribution in [3.05, 3.63) is 71.4 Å². The monoisotopic (exact) mass is 389 g/mol. The van der Waals surface area contributed by atoms with Crippen molar-refractivity contribution in [2.24, 2.45) is 17.8 Å². The molecule has 1 heterocycles. The van der Waals surface area contributed by atoms with Crippen molar-refractivity contribution >= 4 is 17.5 Å². The molecule has 6 heteroatoms. The number of benzene rings is 2. The first-order valence-corrected chi connectivity index (χ1v) is 9.60. The summed E-state index contributed by atoms with van der Waals surface area (Å²) >= 11 is 0. The number of hydrogen-bond acceptors (Lipinski definition) is 5. The van der Waals surface area contributed by atoms with Gasteiger partial charge < -0.3 is 14.8 Å². The van der Waals surface area contributed by atoms with E-state index in [1.165, 1.54) is 0 Å². The third kappa shape index (κ3) is 2.75. The van der Waals surface area contributed by atoms with Gasteiger partial charge in [0.15, 0.2) is 23.1 Å². The van der Waals surface area contributed by atoms with Gasteiger partial charge in [0.1, 0.15) is 0 Å². The second-order valence-electron chi connectivity index (χ2n) is 7.67. The van der Waals surface area contributed by atoms with E-state index in [-0.39, 0.29) is 41.8 Å². The lowest BCUT2D eigenvalue weighted by atomic mass is 9.81. The lowest BCUT2D eigenvalue weighted by molar-refractivity contribution is -0.131. The molecule has 146 valence electrons. The van der Waals surface area contributed by atoms with Crippen LogP contribution in [0.1, 0.15) is 28.8 Å². The standard InChI is InChI=1S/C23H19NO5/c1-12-15-10-16(24-23(27)13-5-3-2-4-6-13)22(26)20(21(15)25)19(12)14-7-8-17-18(9-14)29-11-28-17/h2-10,12,15,19-20H,11H2,1H3,(H,24,27)/t12-,15-,19-,20+/m0/s1. The number of nitrogens with one attached hydrogen (secondary N) is 1. The number of carbonyl (C=O) groups is 3. The maximum absolute atomic E-state index is 13.2. The van der Waals surface area contributed by atoms with Crippen LogP contribution in [0.5, 0.6) is 11.5 Å². The van der Waals surface area contributed by atoms with Gasteiger partial charge in [0.25, 0.3) is 5.91 Å². The third-order valence-corrected chi connectivity index (χ3v) is 6.09. The average molecular weight is 389 g/mol. The Balaban J connectivity index is 1.45. The Morgan fingerprint density at radius 3 is 2.59 bits per heavy atom.